The standard InChI is InChI=1S/C21H34N4O/c1-2-11-25-19-10-9-17(23-12-5-3-4-6-13-23)16-18(19)20(22-25)21(26)24-14-7-8-15-24/h17H,2-16H2,1H3. The summed E-state index contributed by atoms with van der Waals surface area (Å²) >= 11 is 0. The molecule has 3 heterocycles. The normalized spacial score (nSPS) is 24.5. The molecule has 1 aromatic heterocycles. The Labute approximate surface area is 157 Å². The van der Waals surface area contributed by atoms with Crippen LogP contribution < -0.4 is 0 Å². The Morgan fingerprint density at radius 2 is 1.73 bits per heavy atom. The summed E-state index contributed by atoms with van der Waals surface area (Å²) < 4.78 is 2.15. The van der Waals surface area contributed by atoms with Crippen LogP contribution in [0.5, 0.6) is 0 Å². The van der Waals surface area contributed by atoms with E-state index in [1.54, 1.807) is 0 Å². The number of rotatable bonds is 4. The molecular weight excluding hydrogens is 324 g/mol. The molecule has 5 heteroatoms. The summed E-state index contributed by atoms with van der Waals surface area (Å²) in [6, 6.07) is 0.602. The van der Waals surface area contributed by atoms with Crippen LogP contribution in [-0.4, -0.2) is 57.7 Å². The van der Waals surface area contributed by atoms with Crippen molar-refractivity contribution < 1.29 is 4.79 Å². The Hall–Kier alpha value is -1.36. The molecule has 144 valence electrons. The average Bonchev–Trinajstić information content (AvgIpc) is 3.23. The average molecular weight is 359 g/mol. The third kappa shape index (κ3) is 3.55. The van der Waals surface area contributed by atoms with Crippen LogP contribution in [0, 0.1) is 0 Å². The highest BCUT2D eigenvalue weighted by Crippen LogP contribution is 2.30. The summed E-state index contributed by atoms with van der Waals surface area (Å²) in [6.07, 6.45) is 12.1. The van der Waals surface area contributed by atoms with Gasteiger partial charge in [0.05, 0.1) is 0 Å². The van der Waals surface area contributed by atoms with Crippen LogP contribution in [-0.2, 0) is 19.4 Å². The summed E-state index contributed by atoms with van der Waals surface area (Å²) in [5.41, 5.74) is 3.39. The number of hydrogen-bond acceptors (Lipinski definition) is 3. The van der Waals surface area contributed by atoms with Crippen molar-refractivity contribution in [3.63, 3.8) is 0 Å². The van der Waals surface area contributed by atoms with E-state index in [1.807, 2.05) is 4.90 Å². The summed E-state index contributed by atoms with van der Waals surface area (Å²) in [5.74, 6) is 0.185. The molecule has 4 rings (SSSR count). The second-order valence-electron chi connectivity index (χ2n) is 8.34. The molecule has 3 aliphatic rings. The fraction of sp³-hybridized carbons (Fsp3) is 0.810. The zero-order valence-electron chi connectivity index (χ0n) is 16.4. The fourth-order valence-corrected chi connectivity index (χ4v) is 5.08. The van der Waals surface area contributed by atoms with Gasteiger partial charge in [-0.15, -0.1) is 0 Å². The van der Waals surface area contributed by atoms with E-state index >= 15 is 0 Å². The van der Waals surface area contributed by atoms with Crippen molar-refractivity contribution in [3.8, 4) is 0 Å². The van der Waals surface area contributed by atoms with Crippen LogP contribution in [0.4, 0.5) is 0 Å². The molecule has 2 saturated heterocycles. The highest BCUT2D eigenvalue weighted by Gasteiger charge is 2.33. The van der Waals surface area contributed by atoms with E-state index in [4.69, 9.17) is 5.10 Å². The van der Waals surface area contributed by atoms with Gasteiger partial charge in [0.2, 0.25) is 0 Å². The molecule has 2 fully saturated rings. The van der Waals surface area contributed by atoms with Crippen molar-refractivity contribution in [1.82, 2.24) is 19.6 Å². The lowest BCUT2D eigenvalue weighted by Gasteiger charge is -2.34. The lowest BCUT2D eigenvalue weighted by atomic mass is 9.90. The van der Waals surface area contributed by atoms with Gasteiger partial charge in [0, 0.05) is 36.9 Å². The van der Waals surface area contributed by atoms with Crippen molar-refractivity contribution >= 4 is 5.91 Å². The zero-order chi connectivity index (χ0) is 17.9. The minimum Gasteiger partial charge on any atom is -0.337 e. The number of aryl methyl sites for hydroxylation is 1. The molecule has 1 atom stereocenters. The second-order valence-corrected chi connectivity index (χ2v) is 8.34. The predicted molar refractivity (Wildman–Crippen MR) is 104 cm³/mol. The Bertz CT molecular complexity index is 624. The number of amides is 1. The lowest BCUT2D eigenvalue weighted by Crippen LogP contribution is -2.40. The van der Waals surface area contributed by atoms with Crippen LogP contribution in [0.25, 0.3) is 0 Å². The third-order valence-corrected chi connectivity index (χ3v) is 6.51. The first-order valence-corrected chi connectivity index (χ1v) is 10.9. The van der Waals surface area contributed by atoms with Gasteiger partial charge in [-0.05, 0) is 64.5 Å². The van der Waals surface area contributed by atoms with Crippen LogP contribution in [0.3, 0.4) is 0 Å². The Morgan fingerprint density at radius 3 is 2.42 bits per heavy atom. The molecule has 0 bridgehead atoms. The zero-order valence-corrected chi connectivity index (χ0v) is 16.4. The third-order valence-electron chi connectivity index (χ3n) is 6.51. The maximum absolute atomic E-state index is 13.1. The Morgan fingerprint density at radius 1 is 1.04 bits per heavy atom. The molecule has 1 unspecified atom stereocenters. The summed E-state index contributed by atoms with van der Waals surface area (Å²) in [4.78, 5) is 17.8. The van der Waals surface area contributed by atoms with Gasteiger partial charge in [0.25, 0.3) is 5.91 Å². The molecule has 26 heavy (non-hydrogen) atoms. The van der Waals surface area contributed by atoms with Crippen LogP contribution in [0.15, 0.2) is 0 Å². The molecule has 5 nitrogen and oxygen atoms in total. The molecule has 0 saturated carbocycles. The van der Waals surface area contributed by atoms with E-state index in [0.29, 0.717) is 6.04 Å². The number of carbonyl (C=O) groups is 1. The minimum atomic E-state index is 0.185. The number of nitrogens with zero attached hydrogens (tertiary/aromatic N) is 4. The summed E-state index contributed by atoms with van der Waals surface area (Å²) in [6.45, 7) is 7.41. The molecule has 1 aliphatic carbocycles. The number of fused-ring (bicyclic) bond motifs is 1. The van der Waals surface area contributed by atoms with E-state index < -0.39 is 0 Å². The van der Waals surface area contributed by atoms with Crippen molar-refractivity contribution in [2.24, 2.45) is 0 Å². The molecule has 1 aromatic rings. The maximum atomic E-state index is 13.1. The first kappa shape index (κ1) is 18.0. The molecule has 0 aromatic carbocycles. The van der Waals surface area contributed by atoms with Crippen LogP contribution in [0.2, 0.25) is 0 Å². The number of carbonyl (C=O) groups excluding carboxylic acids is 1. The van der Waals surface area contributed by atoms with E-state index in [9.17, 15) is 4.79 Å². The molecule has 0 N–H and O–H groups in total. The van der Waals surface area contributed by atoms with E-state index in [2.05, 4.69) is 16.5 Å². The topological polar surface area (TPSA) is 41.4 Å². The smallest absolute Gasteiger partial charge is 0.274 e. The first-order chi connectivity index (χ1) is 12.8. The van der Waals surface area contributed by atoms with Crippen molar-refractivity contribution in [3.05, 3.63) is 17.0 Å². The molecule has 0 spiro atoms. The molecule has 0 radical (unpaired) electrons. The number of hydrogen-bond donors (Lipinski definition) is 0. The van der Waals surface area contributed by atoms with Gasteiger partial charge in [0.1, 0.15) is 0 Å². The van der Waals surface area contributed by atoms with Gasteiger partial charge in [-0.25, -0.2) is 0 Å². The molecular formula is C21H34N4O. The number of aromatic nitrogens is 2. The van der Waals surface area contributed by atoms with E-state index in [0.717, 1.165) is 57.4 Å². The highest BCUT2D eigenvalue weighted by atomic mass is 16.2. The molecule has 2 aliphatic heterocycles. The predicted octanol–water partition coefficient (Wildman–Crippen LogP) is 3.26. The van der Waals surface area contributed by atoms with Gasteiger partial charge >= 0.3 is 0 Å². The minimum absolute atomic E-state index is 0.185. The van der Waals surface area contributed by atoms with Crippen LogP contribution in [0.1, 0.15) is 80.0 Å². The quantitative estimate of drug-likeness (QED) is 0.829. The van der Waals surface area contributed by atoms with Crippen molar-refractivity contribution in [1.29, 1.82) is 0 Å². The van der Waals surface area contributed by atoms with Crippen molar-refractivity contribution in [2.45, 2.75) is 83.7 Å². The first-order valence-electron chi connectivity index (χ1n) is 10.9. The van der Waals surface area contributed by atoms with Gasteiger partial charge in [-0.2, -0.15) is 5.10 Å². The lowest BCUT2D eigenvalue weighted by molar-refractivity contribution is 0.0784. The van der Waals surface area contributed by atoms with Gasteiger partial charge in [-0.1, -0.05) is 19.8 Å². The van der Waals surface area contributed by atoms with Gasteiger partial charge < -0.3 is 9.80 Å². The second kappa shape index (κ2) is 8.12. The van der Waals surface area contributed by atoms with Gasteiger partial charge in [0.15, 0.2) is 5.69 Å². The van der Waals surface area contributed by atoms with E-state index in [1.165, 1.54) is 56.5 Å². The number of likely N-dealkylation sites (tertiary alicyclic amines) is 2. The SMILES string of the molecule is CCCn1nc(C(=O)N2CCCC2)c2c1CCC(N1CCCCCC1)C2. The summed E-state index contributed by atoms with van der Waals surface area (Å²) in [5, 5.41) is 4.83. The van der Waals surface area contributed by atoms with Gasteiger partial charge in [-0.3, -0.25) is 9.48 Å². The fourth-order valence-electron chi connectivity index (χ4n) is 5.08. The Balaban J connectivity index is 1.59. The largest absolute Gasteiger partial charge is 0.337 e. The van der Waals surface area contributed by atoms with E-state index in [-0.39, 0.29) is 5.91 Å². The van der Waals surface area contributed by atoms with Crippen molar-refractivity contribution in [2.75, 3.05) is 26.2 Å². The monoisotopic (exact) mass is 358 g/mol. The summed E-state index contributed by atoms with van der Waals surface area (Å²) in [7, 11) is 0. The highest BCUT2D eigenvalue weighted by molar-refractivity contribution is 5.94. The Kier molecular flexibility index (Phi) is 5.63. The maximum Gasteiger partial charge on any atom is 0.274 e. The molecule has 1 amide bonds. The van der Waals surface area contributed by atoms with Crippen LogP contribution >= 0.6 is 0 Å².